The Labute approximate surface area is 85.7 Å². The van der Waals surface area contributed by atoms with Crippen molar-refractivity contribution in [1.82, 2.24) is 15.1 Å². The van der Waals surface area contributed by atoms with Gasteiger partial charge in [-0.3, -0.25) is 0 Å². The van der Waals surface area contributed by atoms with Crippen molar-refractivity contribution in [1.29, 1.82) is 0 Å². The van der Waals surface area contributed by atoms with Crippen LogP contribution >= 0.6 is 0 Å². The summed E-state index contributed by atoms with van der Waals surface area (Å²) in [7, 11) is 0. The molecule has 0 bridgehead atoms. The number of anilines is 2. The van der Waals surface area contributed by atoms with E-state index >= 15 is 0 Å². The molecule has 0 amide bonds. The molecule has 0 aliphatic heterocycles. The Morgan fingerprint density at radius 1 is 1.33 bits per heavy atom. The minimum absolute atomic E-state index is 0.515. The van der Waals surface area contributed by atoms with Gasteiger partial charge < -0.3 is 15.3 Å². The van der Waals surface area contributed by atoms with Crippen LogP contribution in [0.25, 0.3) is 0 Å². The highest BCUT2D eigenvalue weighted by Crippen LogP contribution is 2.08. The Balaban J connectivity index is 1.98. The molecular weight excluding hydrogens is 196 g/mol. The molecule has 0 radical (unpaired) electrons. The molecule has 4 N–H and O–H groups in total. The van der Waals surface area contributed by atoms with Crippen LogP contribution in [0.1, 0.15) is 5.76 Å². The van der Waals surface area contributed by atoms with E-state index < -0.39 is 0 Å². The van der Waals surface area contributed by atoms with Crippen molar-refractivity contribution in [3.63, 3.8) is 0 Å². The molecule has 0 aliphatic carbocycles. The van der Waals surface area contributed by atoms with Crippen LogP contribution < -0.4 is 16.6 Å². The highest BCUT2D eigenvalue weighted by atomic mass is 16.5. The van der Waals surface area contributed by atoms with E-state index in [9.17, 15) is 0 Å². The number of nitrogens with two attached hydrogens (primary N) is 1. The second-order valence-electron chi connectivity index (χ2n) is 2.77. The fourth-order valence-corrected chi connectivity index (χ4v) is 1.04. The maximum absolute atomic E-state index is 5.21. The van der Waals surface area contributed by atoms with Crippen molar-refractivity contribution in [2.45, 2.75) is 6.54 Å². The van der Waals surface area contributed by atoms with E-state index in [1.807, 2.05) is 0 Å². The molecule has 2 rings (SSSR count). The highest BCUT2D eigenvalue weighted by Gasteiger charge is 1.99. The van der Waals surface area contributed by atoms with E-state index in [1.54, 1.807) is 18.3 Å². The average molecular weight is 206 g/mol. The summed E-state index contributed by atoms with van der Waals surface area (Å²) in [5, 5.41) is 6.63. The molecule has 0 fully saturated rings. The predicted molar refractivity (Wildman–Crippen MR) is 53.7 cm³/mol. The standard InChI is InChI=1S/C8H10N6O/c9-14-8-3-7(11-5-12-8)10-4-6-1-2-13-15-6/h1-3,5H,4,9H2,(H2,10,11,12,14). The van der Waals surface area contributed by atoms with Gasteiger partial charge in [-0.15, -0.1) is 0 Å². The molecule has 0 aromatic carbocycles. The molecule has 7 nitrogen and oxygen atoms in total. The second-order valence-corrected chi connectivity index (χ2v) is 2.77. The molecule has 7 heteroatoms. The summed E-state index contributed by atoms with van der Waals surface area (Å²) in [6.07, 6.45) is 3.00. The van der Waals surface area contributed by atoms with Crippen LogP contribution in [0.5, 0.6) is 0 Å². The van der Waals surface area contributed by atoms with Gasteiger partial charge in [-0.1, -0.05) is 5.16 Å². The van der Waals surface area contributed by atoms with Crippen LogP contribution in [0.3, 0.4) is 0 Å². The molecule has 2 aromatic heterocycles. The van der Waals surface area contributed by atoms with Crippen LogP contribution in [-0.4, -0.2) is 15.1 Å². The molecular formula is C8H10N6O. The summed E-state index contributed by atoms with van der Waals surface area (Å²) >= 11 is 0. The lowest BCUT2D eigenvalue weighted by Crippen LogP contribution is -2.09. The van der Waals surface area contributed by atoms with Gasteiger partial charge in [-0.05, 0) is 0 Å². The molecule has 0 unspecified atom stereocenters. The third-order valence-electron chi connectivity index (χ3n) is 1.75. The molecule has 2 aromatic rings. The van der Waals surface area contributed by atoms with E-state index in [0.717, 1.165) is 5.76 Å². The summed E-state index contributed by atoms with van der Waals surface area (Å²) in [5.41, 5.74) is 2.43. The number of hydrazine groups is 1. The third-order valence-corrected chi connectivity index (χ3v) is 1.75. The fourth-order valence-electron chi connectivity index (χ4n) is 1.04. The van der Waals surface area contributed by atoms with Crippen molar-refractivity contribution >= 4 is 11.6 Å². The third kappa shape index (κ3) is 2.41. The summed E-state index contributed by atoms with van der Waals surface area (Å²) in [6, 6.07) is 3.46. The smallest absolute Gasteiger partial charge is 0.155 e. The molecule has 0 atom stereocenters. The van der Waals surface area contributed by atoms with Crippen molar-refractivity contribution in [2.75, 3.05) is 10.7 Å². The number of nitrogens with one attached hydrogen (secondary N) is 2. The maximum atomic E-state index is 5.21. The quantitative estimate of drug-likeness (QED) is 0.490. The van der Waals surface area contributed by atoms with Crippen molar-refractivity contribution < 1.29 is 4.52 Å². The SMILES string of the molecule is NNc1cc(NCc2ccno2)ncn1. The number of nitrogen functional groups attached to an aromatic ring is 1. The Morgan fingerprint density at radius 3 is 2.93 bits per heavy atom. The summed E-state index contributed by atoms with van der Waals surface area (Å²) in [4.78, 5) is 7.89. The van der Waals surface area contributed by atoms with Crippen LogP contribution in [-0.2, 0) is 6.54 Å². The van der Waals surface area contributed by atoms with Gasteiger partial charge in [0, 0.05) is 12.1 Å². The van der Waals surface area contributed by atoms with Gasteiger partial charge in [-0.25, -0.2) is 15.8 Å². The maximum Gasteiger partial charge on any atom is 0.155 e. The van der Waals surface area contributed by atoms with Gasteiger partial charge in [0.2, 0.25) is 0 Å². The Bertz CT molecular complexity index is 415. The van der Waals surface area contributed by atoms with Gasteiger partial charge in [0.05, 0.1) is 12.7 Å². The summed E-state index contributed by atoms with van der Waals surface area (Å²) in [6.45, 7) is 0.515. The van der Waals surface area contributed by atoms with Crippen LogP contribution in [0.15, 0.2) is 29.2 Å². The van der Waals surface area contributed by atoms with Gasteiger partial charge >= 0.3 is 0 Å². The first-order chi connectivity index (χ1) is 7.38. The molecule has 0 saturated heterocycles. The first-order valence-corrected chi connectivity index (χ1v) is 4.30. The molecule has 15 heavy (non-hydrogen) atoms. The fraction of sp³-hybridized carbons (Fsp3) is 0.125. The topological polar surface area (TPSA) is 102 Å². The largest absolute Gasteiger partial charge is 0.363 e. The first-order valence-electron chi connectivity index (χ1n) is 4.30. The zero-order valence-electron chi connectivity index (χ0n) is 7.84. The summed E-state index contributed by atoms with van der Waals surface area (Å²) < 4.78 is 4.92. The Hall–Kier alpha value is -2.15. The number of rotatable bonds is 4. The van der Waals surface area contributed by atoms with Crippen LogP contribution in [0, 0.1) is 0 Å². The number of aromatic nitrogens is 3. The molecule has 78 valence electrons. The lowest BCUT2D eigenvalue weighted by atomic mass is 10.4. The number of hydrogen-bond donors (Lipinski definition) is 3. The molecule has 0 spiro atoms. The average Bonchev–Trinajstić information content (AvgIpc) is 2.79. The van der Waals surface area contributed by atoms with E-state index in [1.165, 1.54) is 6.33 Å². The van der Waals surface area contributed by atoms with Crippen molar-refractivity contribution in [3.05, 3.63) is 30.4 Å². The summed E-state index contributed by atoms with van der Waals surface area (Å²) in [5.74, 6) is 7.15. The normalized spacial score (nSPS) is 9.93. The second kappa shape index (κ2) is 4.38. The van der Waals surface area contributed by atoms with Gasteiger partial charge in [0.25, 0.3) is 0 Å². The van der Waals surface area contributed by atoms with E-state index in [2.05, 4.69) is 25.9 Å². The van der Waals surface area contributed by atoms with Gasteiger partial charge in [0.1, 0.15) is 18.0 Å². The van der Waals surface area contributed by atoms with Crippen LogP contribution in [0.2, 0.25) is 0 Å². The Morgan fingerprint density at radius 2 is 2.20 bits per heavy atom. The number of hydrogen-bond acceptors (Lipinski definition) is 7. The lowest BCUT2D eigenvalue weighted by Gasteiger charge is -2.03. The van der Waals surface area contributed by atoms with E-state index in [0.29, 0.717) is 18.2 Å². The van der Waals surface area contributed by atoms with Crippen molar-refractivity contribution in [3.8, 4) is 0 Å². The lowest BCUT2D eigenvalue weighted by molar-refractivity contribution is 0.388. The van der Waals surface area contributed by atoms with Crippen LogP contribution in [0.4, 0.5) is 11.6 Å². The zero-order valence-corrected chi connectivity index (χ0v) is 7.84. The molecule has 2 heterocycles. The molecule has 0 aliphatic rings. The highest BCUT2D eigenvalue weighted by molar-refractivity contribution is 5.45. The first kappa shape index (κ1) is 9.41. The monoisotopic (exact) mass is 206 g/mol. The Kier molecular flexibility index (Phi) is 2.75. The van der Waals surface area contributed by atoms with E-state index in [4.69, 9.17) is 10.4 Å². The molecule has 0 saturated carbocycles. The predicted octanol–water partition coefficient (Wildman–Crippen LogP) is 0.362. The zero-order chi connectivity index (χ0) is 10.5. The van der Waals surface area contributed by atoms with Crippen molar-refractivity contribution in [2.24, 2.45) is 5.84 Å². The van der Waals surface area contributed by atoms with Gasteiger partial charge in [0.15, 0.2) is 5.76 Å². The number of nitrogens with zero attached hydrogens (tertiary/aromatic N) is 3. The minimum Gasteiger partial charge on any atom is -0.363 e. The van der Waals surface area contributed by atoms with Gasteiger partial charge in [-0.2, -0.15) is 0 Å². The minimum atomic E-state index is 0.515. The van der Waals surface area contributed by atoms with E-state index in [-0.39, 0.29) is 0 Å².